The van der Waals surface area contributed by atoms with Gasteiger partial charge in [-0.25, -0.2) is 9.97 Å². The summed E-state index contributed by atoms with van der Waals surface area (Å²) in [5, 5.41) is 0. The molecular formula is C36H42N6O. The van der Waals surface area contributed by atoms with Crippen LogP contribution in [0.2, 0.25) is 0 Å². The molecule has 1 fully saturated rings. The van der Waals surface area contributed by atoms with Crippen LogP contribution in [0.5, 0.6) is 0 Å². The average Bonchev–Trinajstić information content (AvgIpc) is 3.86. The summed E-state index contributed by atoms with van der Waals surface area (Å²) in [6.07, 6.45) is 18.3. The lowest BCUT2D eigenvalue weighted by molar-refractivity contribution is 0.192. The molecule has 7 rings (SSSR count). The second kappa shape index (κ2) is 15.2. The molecule has 1 saturated heterocycles. The Hall–Kier alpha value is -4.33. The van der Waals surface area contributed by atoms with Crippen LogP contribution in [-0.4, -0.2) is 57.1 Å². The molecule has 4 aromatic rings. The number of hydrogen-bond donors (Lipinski definition) is 2. The summed E-state index contributed by atoms with van der Waals surface area (Å²) < 4.78 is 4.84. The summed E-state index contributed by atoms with van der Waals surface area (Å²) in [7, 11) is 3.93. The van der Waals surface area contributed by atoms with Crippen molar-refractivity contribution < 1.29 is 4.74 Å². The number of nitrogens with zero attached hydrogens (tertiary/aromatic N) is 4. The number of hydrogen-bond acceptors (Lipinski definition) is 5. The van der Waals surface area contributed by atoms with Gasteiger partial charge in [-0.05, 0) is 117 Å². The maximum Gasteiger partial charge on any atom is 0.0658 e. The predicted octanol–water partition coefficient (Wildman–Crippen LogP) is 8.33. The van der Waals surface area contributed by atoms with Crippen LogP contribution < -0.4 is 0 Å². The van der Waals surface area contributed by atoms with Gasteiger partial charge in [0.1, 0.15) is 0 Å². The van der Waals surface area contributed by atoms with E-state index in [2.05, 4.69) is 74.1 Å². The minimum atomic E-state index is 0.610. The maximum atomic E-state index is 4.84. The van der Waals surface area contributed by atoms with Crippen molar-refractivity contribution in [1.82, 2.24) is 29.8 Å². The van der Waals surface area contributed by atoms with E-state index >= 15 is 0 Å². The van der Waals surface area contributed by atoms with Gasteiger partial charge in [-0.2, -0.15) is 0 Å². The molecule has 0 saturated carbocycles. The number of unbranched alkanes of at least 4 members (excludes halogenated alkanes) is 2. The highest BCUT2D eigenvalue weighted by molar-refractivity contribution is 5.77. The number of methoxy groups -OCH3 is 1. The molecule has 0 aliphatic carbocycles. The summed E-state index contributed by atoms with van der Waals surface area (Å²) in [6.45, 7) is 4.34. The third kappa shape index (κ3) is 8.83. The van der Waals surface area contributed by atoms with Crippen LogP contribution in [0.15, 0.2) is 73.1 Å². The lowest BCUT2D eigenvalue weighted by Crippen LogP contribution is -2.17. The number of likely N-dealkylation sites (tertiary alicyclic amines) is 1. The third-order valence-corrected chi connectivity index (χ3v) is 7.58. The molecule has 7 heteroatoms. The molecule has 0 radical (unpaired) electrons. The fraction of sp³-hybridized carbons (Fsp3) is 0.306. The van der Waals surface area contributed by atoms with E-state index in [1.54, 1.807) is 7.11 Å². The summed E-state index contributed by atoms with van der Waals surface area (Å²) in [5.74, 6) is 0. The standard InChI is InChI=1S/C20H14N4.C10H14N2.C6H14O/c1-2-14-10-16-5-6-18(23-16)12-20-8-7-19(24-20)11-17-4-3-15(22-17)9-13(1)21-14;1-12-7-3-5-10(12)9-4-2-6-11-8-9;1-3-4-5-6-7-2/h1-12,21,24H;2,4,6,8,10H,3,5,7H2,1H3;3-6H2,1-2H3. The zero-order chi connectivity index (χ0) is 29.9. The van der Waals surface area contributed by atoms with E-state index in [9.17, 15) is 0 Å². The van der Waals surface area contributed by atoms with Gasteiger partial charge >= 0.3 is 0 Å². The fourth-order valence-electron chi connectivity index (χ4n) is 5.34. The van der Waals surface area contributed by atoms with E-state index in [1.807, 2.05) is 67.0 Å². The van der Waals surface area contributed by atoms with Gasteiger partial charge in [-0.15, -0.1) is 0 Å². The molecule has 0 amide bonds. The zero-order valence-electron chi connectivity index (χ0n) is 25.5. The first-order chi connectivity index (χ1) is 21.1. The smallest absolute Gasteiger partial charge is 0.0658 e. The number of H-pyrrole nitrogens is 2. The molecule has 4 aromatic heterocycles. The molecule has 7 heterocycles. The number of fused-ring (bicyclic) bond motifs is 8. The fourth-order valence-corrected chi connectivity index (χ4v) is 5.34. The topological polar surface area (TPSA) is 82.7 Å². The molecule has 7 nitrogen and oxygen atoms in total. The van der Waals surface area contributed by atoms with Crippen LogP contribution in [0.1, 0.15) is 73.4 Å². The Morgan fingerprint density at radius 2 is 1.33 bits per heavy atom. The lowest BCUT2D eigenvalue weighted by atomic mass is 10.1. The van der Waals surface area contributed by atoms with Crippen molar-refractivity contribution in [3.05, 3.63) is 101 Å². The number of pyridine rings is 1. The first kappa shape index (κ1) is 30.1. The summed E-state index contributed by atoms with van der Waals surface area (Å²) in [6, 6.07) is 21.2. The Kier molecular flexibility index (Phi) is 10.7. The highest BCUT2D eigenvalue weighted by Crippen LogP contribution is 2.29. The SMILES string of the molecule is C1=Cc2cc3ccc(cc4nc(cc5ccc(cc1n2)[nH]5)C=C4)[nH]3.CCCCCOC.CN1CCCC1c1cccnc1. The minimum absolute atomic E-state index is 0.610. The van der Waals surface area contributed by atoms with Crippen LogP contribution in [0.4, 0.5) is 0 Å². The van der Waals surface area contributed by atoms with Crippen molar-refractivity contribution in [2.24, 2.45) is 0 Å². The first-order valence-electron chi connectivity index (χ1n) is 15.2. The second-order valence-corrected chi connectivity index (χ2v) is 11.0. The van der Waals surface area contributed by atoms with Crippen molar-refractivity contribution in [2.45, 2.75) is 45.1 Å². The van der Waals surface area contributed by atoms with E-state index in [-0.39, 0.29) is 0 Å². The van der Waals surface area contributed by atoms with E-state index in [1.165, 1.54) is 44.2 Å². The van der Waals surface area contributed by atoms with Crippen LogP contribution in [-0.2, 0) is 4.74 Å². The van der Waals surface area contributed by atoms with Crippen molar-refractivity contribution in [2.75, 3.05) is 27.3 Å². The van der Waals surface area contributed by atoms with Crippen molar-refractivity contribution in [3.63, 3.8) is 0 Å². The highest BCUT2D eigenvalue weighted by Gasteiger charge is 2.22. The molecule has 8 bridgehead atoms. The largest absolute Gasteiger partial charge is 0.385 e. The van der Waals surface area contributed by atoms with Gasteiger partial charge in [-0.3, -0.25) is 9.88 Å². The van der Waals surface area contributed by atoms with Crippen molar-refractivity contribution >= 4 is 46.4 Å². The summed E-state index contributed by atoms with van der Waals surface area (Å²) >= 11 is 0. The number of rotatable bonds is 5. The Labute approximate surface area is 254 Å². The molecule has 1 unspecified atom stereocenters. The quantitative estimate of drug-likeness (QED) is 0.202. The molecule has 222 valence electrons. The number of aromatic amines is 2. The van der Waals surface area contributed by atoms with Gasteiger partial charge in [-0.1, -0.05) is 25.8 Å². The van der Waals surface area contributed by atoms with Gasteiger partial charge in [0.25, 0.3) is 0 Å². The lowest BCUT2D eigenvalue weighted by Gasteiger charge is -2.18. The van der Waals surface area contributed by atoms with Gasteiger partial charge in [0.05, 0.1) is 22.8 Å². The third-order valence-electron chi connectivity index (χ3n) is 7.58. The van der Waals surface area contributed by atoms with Gasteiger partial charge in [0.2, 0.25) is 0 Å². The average molecular weight is 575 g/mol. The highest BCUT2D eigenvalue weighted by atomic mass is 16.5. The zero-order valence-corrected chi connectivity index (χ0v) is 25.5. The van der Waals surface area contributed by atoms with E-state index in [0.717, 1.165) is 51.4 Å². The van der Waals surface area contributed by atoms with Gasteiger partial charge in [0.15, 0.2) is 0 Å². The van der Waals surface area contributed by atoms with Crippen LogP contribution >= 0.6 is 0 Å². The second-order valence-electron chi connectivity index (χ2n) is 11.0. The van der Waals surface area contributed by atoms with Crippen LogP contribution in [0, 0.1) is 0 Å². The Balaban J connectivity index is 0.000000161. The minimum Gasteiger partial charge on any atom is -0.385 e. The molecule has 3 aliphatic heterocycles. The summed E-state index contributed by atoms with van der Waals surface area (Å²) in [5.41, 5.74) is 9.22. The molecule has 3 aliphatic rings. The van der Waals surface area contributed by atoms with Gasteiger partial charge in [0, 0.05) is 54.2 Å². The predicted molar refractivity (Wildman–Crippen MR) is 179 cm³/mol. The van der Waals surface area contributed by atoms with Crippen LogP contribution in [0.25, 0.3) is 46.4 Å². The van der Waals surface area contributed by atoms with Crippen LogP contribution in [0.3, 0.4) is 0 Å². The summed E-state index contributed by atoms with van der Waals surface area (Å²) in [4.78, 5) is 22.6. The van der Waals surface area contributed by atoms with E-state index < -0.39 is 0 Å². The Morgan fingerprint density at radius 1 is 0.791 bits per heavy atom. The van der Waals surface area contributed by atoms with Crippen molar-refractivity contribution in [3.8, 4) is 0 Å². The molecule has 0 aromatic carbocycles. The van der Waals surface area contributed by atoms with E-state index in [4.69, 9.17) is 4.74 Å². The van der Waals surface area contributed by atoms with Gasteiger partial charge < -0.3 is 14.7 Å². The number of ether oxygens (including phenoxy) is 1. The number of aromatic nitrogens is 5. The Bertz CT molecular complexity index is 1510. The monoisotopic (exact) mass is 574 g/mol. The first-order valence-corrected chi connectivity index (χ1v) is 15.2. The molecule has 2 N–H and O–H groups in total. The Morgan fingerprint density at radius 3 is 1.72 bits per heavy atom. The molecule has 0 spiro atoms. The molecule has 1 atom stereocenters. The molecule has 43 heavy (non-hydrogen) atoms. The molecular weight excluding hydrogens is 532 g/mol. The number of nitrogens with one attached hydrogen (secondary N) is 2. The normalized spacial score (nSPS) is 15.5. The van der Waals surface area contributed by atoms with E-state index in [0.29, 0.717) is 6.04 Å². The maximum absolute atomic E-state index is 4.84. The van der Waals surface area contributed by atoms with Crippen molar-refractivity contribution in [1.29, 1.82) is 0 Å².